The van der Waals surface area contributed by atoms with Gasteiger partial charge in [0, 0.05) is 63.5 Å². The summed E-state index contributed by atoms with van der Waals surface area (Å²) in [6.07, 6.45) is 9.20. The van der Waals surface area contributed by atoms with E-state index in [4.69, 9.17) is 0 Å². The highest BCUT2D eigenvalue weighted by molar-refractivity contribution is 6.38. The maximum atomic E-state index is 14.5. The average Bonchev–Trinajstić information content (AvgIpc) is 3.33. The van der Waals surface area contributed by atoms with E-state index >= 15 is 0 Å². The van der Waals surface area contributed by atoms with E-state index in [1.54, 1.807) is 4.90 Å². The third-order valence-electron chi connectivity index (χ3n) is 12.8. The van der Waals surface area contributed by atoms with E-state index in [0.717, 1.165) is 44.9 Å². The van der Waals surface area contributed by atoms with Crippen molar-refractivity contribution in [2.24, 2.45) is 45.8 Å². The van der Waals surface area contributed by atoms with Crippen LogP contribution in [0.1, 0.15) is 158 Å². The van der Waals surface area contributed by atoms with E-state index < -0.39 is 29.4 Å². The van der Waals surface area contributed by atoms with E-state index in [2.05, 4.69) is 13.8 Å². The molecule has 4 fully saturated rings. The number of carbonyl (C=O) groups is 7. The summed E-state index contributed by atoms with van der Waals surface area (Å²) < 4.78 is 0. The second-order valence-electron chi connectivity index (χ2n) is 19.0. The smallest absolute Gasteiger partial charge is 0.229 e. The molecule has 3 amide bonds. The average molecular weight is 711 g/mol. The van der Waals surface area contributed by atoms with Crippen molar-refractivity contribution < 1.29 is 33.6 Å². The van der Waals surface area contributed by atoms with Crippen LogP contribution in [0, 0.1) is 45.8 Å². The number of rotatable bonds is 10. The van der Waals surface area contributed by atoms with Crippen molar-refractivity contribution in [3.8, 4) is 0 Å². The van der Waals surface area contributed by atoms with Crippen LogP contribution in [0.4, 0.5) is 0 Å². The molecule has 3 saturated heterocycles. The predicted molar refractivity (Wildman–Crippen MR) is 196 cm³/mol. The first-order valence-electron chi connectivity index (χ1n) is 20.0. The lowest BCUT2D eigenvalue weighted by molar-refractivity contribution is -0.154. The molecule has 0 aromatic rings. The number of imide groups is 1. The van der Waals surface area contributed by atoms with Gasteiger partial charge in [0.1, 0.15) is 5.78 Å². The number of Topliss-reactive ketones (excluding diaryl/α,β-unsaturated/α-hetero) is 4. The summed E-state index contributed by atoms with van der Waals surface area (Å²) in [6, 6.07) is -0.651. The normalized spacial score (nSPS) is 29.7. The fraction of sp³-hybridized carbons (Fsp3) is 0.833. The number of piperidine rings is 2. The molecule has 6 atom stereocenters. The fourth-order valence-electron chi connectivity index (χ4n) is 9.28. The van der Waals surface area contributed by atoms with Gasteiger partial charge in [-0.3, -0.25) is 38.5 Å². The van der Waals surface area contributed by atoms with Crippen LogP contribution in [0.25, 0.3) is 0 Å². The molecular formula is C42H66N2O7. The Bertz CT molecular complexity index is 1340. The van der Waals surface area contributed by atoms with Gasteiger partial charge in [-0.05, 0) is 53.3 Å². The van der Waals surface area contributed by atoms with E-state index in [0.29, 0.717) is 38.6 Å². The summed E-state index contributed by atoms with van der Waals surface area (Å²) in [7, 11) is 0. The van der Waals surface area contributed by atoms with Crippen LogP contribution in [-0.4, -0.2) is 69.8 Å². The maximum Gasteiger partial charge on any atom is 0.229 e. The molecule has 1 saturated carbocycles. The van der Waals surface area contributed by atoms with E-state index in [1.807, 2.05) is 41.5 Å². The monoisotopic (exact) mass is 710 g/mol. The molecule has 4 rings (SSSR count). The van der Waals surface area contributed by atoms with Crippen LogP contribution in [0.5, 0.6) is 0 Å². The number of amides is 3. The molecule has 0 N–H and O–H groups in total. The Morgan fingerprint density at radius 2 is 1.41 bits per heavy atom. The number of nitrogens with zero attached hydrogens (tertiary/aromatic N) is 2. The Labute approximate surface area is 306 Å². The van der Waals surface area contributed by atoms with Crippen LogP contribution < -0.4 is 0 Å². The molecule has 0 spiro atoms. The minimum atomic E-state index is -0.654. The standard InChI is InChI=1S/C42H66N2O7/c1-9-17-32(46)38(50)27-18-15-13-11-10-12-14-16-19-28(39(51)44-26-31-36(42(31,7)8)37(44)33(47)21-27)20-30(45)22-29(40(2,3)4)25-43-34(48)23-41(5,6)24-35(43)49/h27-29,31,36-37H,9-26H2,1-8H3/t27-,28-,29-,31+,36+,37-/m1/s1. The fourth-order valence-corrected chi connectivity index (χ4v) is 9.28. The first-order chi connectivity index (χ1) is 23.8. The van der Waals surface area contributed by atoms with Crippen LogP contribution >= 0.6 is 0 Å². The number of ketones is 4. The molecule has 0 bridgehead atoms. The highest BCUT2D eigenvalue weighted by Gasteiger charge is 2.69. The summed E-state index contributed by atoms with van der Waals surface area (Å²) in [5.41, 5.74) is -0.839. The quantitative estimate of drug-likeness (QED) is 0.172. The van der Waals surface area contributed by atoms with Gasteiger partial charge in [-0.25, -0.2) is 0 Å². The first-order valence-corrected chi connectivity index (χ1v) is 20.0. The van der Waals surface area contributed by atoms with Crippen LogP contribution in [0.3, 0.4) is 0 Å². The van der Waals surface area contributed by atoms with Gasteiger partial charge in [-0.2, -0.15) is 0 Å². The maximum absolute atomic E-state index is 14.5. The molecule has 0 unspecified atom stereocenters. The first kappa shape index (κ1) is 41.1. The lowest BCUT2D eigenvalue weighted by atomic mass is 9.75. The van der Waals surface area contributed by atoms with Gasteiger partial charge in [0.2, 0.25) is 23.5 Å². The Balaban J connectivity index is 1.55. The van der Waals surface area contributed by atoms with Gasteiger partial charge in [-0.15, -0.1) is 0 Å². The molecule has 0 aromatic heterocycles. The molecule has 286 valence electrons. The molecule has 9 heteroatoms. The molecule has 0 radical (unpaired) electrons. The van der Waals surface area contributed by atoms with Crippen LogP contribution in [0.15, 0.2) is 0 Å². The Morgan fingerprint density at radius 1 is 0.843 bits per heavy atom. The largest absolute Gasteiger partial charge is 0.332 e. The van der Waals surface area contributed by atoms with Gasteiger partial charge in [0.05, 0.1) is 6.04 Å². The molecule has 4 aliphatic rings. The molecule has 51 heavy (non-hydrogen) atoms. The molecule has 3 aliphatic heterocycles. The molecular weight excluding hydrogens is 644 g/mol. The topological polar surface area (TPSA) is 126 Å². The van der Waals surface area contributed by atoms with Crippen molar-refractivity contribution in [3.63, 3.8) is 0 Å². The number of hydrogen-bond acceptors (Lipinski definition) is 7. The second-order valence-corrected chi connectivity index (χ2v) is 19.0. The molecule has 0 aromatic carbocycles. The van der Waals surface area contributed by atoms with Gasteiger partial charge in [0.15, 0.2) is 11.6 Å². The second kappa shape index (κ2) is 16.5. The summed E-state index contributed by atoms with van der Waals surface area (Å²) >= 11 is 0. The zero-order chi connectivity index (χ0) is 37.9. The third-order valence-corrected chi connectivity index (χ3v) is 12.8. The van der Waals surface area contributed by atoms with Gasteiger partial charge >= 0.3 is 0 Å². The van der Waals surface area contributed by atoms with E-state index in [1.165, 1.54) is 4.90 Å². The van der Waals surface area contributed by atoms with Crippen molar-refractivity contribution in [2.45, 2.75) is 164 Å². The lowest BCUT2D eigenvalue weighted by Crippen LogP contribution is -2.50. The van der Waals surface area contributed by atoms with E-state index in [-0.39, 0.29) is 95.5 Å². The Hall–Kier alpha value is -2.71. The molecule has 9 nitrogen and oxygen atoms in total. The Morgan fingerprint density at radius 3 is 1.98 bits per heavy atom. The van der Waals surface area contributed by atoms with Crippen LogP contribution in [-0.2, 0) is 33.6 Å². The van der Waals surface area contributed by atoms with Gasteiger partial charge in [0.25, 0.3) is 0 Å². The summed E-state index contributed by atoms with van der Waals surface area (Å²) in [6.45, 7) is 16.7. The van der Waals surface area contributed by atoms with Crippen molar-refractivity contribution in [2.75, 3.05) is 13.1 Å². The summed E-state index contributed by atoms with van der Waals surface area (Å²) in [5.74, 6) is -2.89. The van der Waals surface area contributed by atoms with Crippen molar-refractivity contribution >= 4 is 40.9 Å². The zero-order valence-electron chi connectivity index (χ0n) is 32.9. The highest BCUT2D eigenvalue weighted by Crippen LogP contribution is 2.65. The summed E-state index contributed by atoms with van der Waals surface area (Å²) in [4.78, 5) is 97.9. The number of fused-ring (bicyclic) bond motifs is 3. The van der Waals surface area contributed by atoms with Crippen LogP contribution in [0.2, 0.25) is 0 Å². The van der Waals surface area contributed by atoms with Gasteiger partial charge in [-0.1, -0.05) is 100 Å². The zero-order valence-corrected chi connectivity index (χ0v) is 32.9. The SMILES string of the molecule is CCCC(=O)C(=O)[C@@H]1CCCCCCCCC[C@H](CC(=O)C[C@H](CN2C(=O)CC(C)(C)CC2=O)C(C)(C)C)C(=O)N2C[C@H]3[C@@H]([C@H]2C(=O)C1)C3(C)C. The van der Waals surface area contributed by atoms with Crippen molar-refractivity contribution in [1.82, 2.24) is 9.80 Å². The summed E-state index contributed by atoms with van der Waals surface area (Å²) in [5, 5.41) is 0. The number of carbonyl (C=O) groups excluding carboxylic acids is 7. The van der Waals surface area contributed by atoms with Crippen molar-refractivity contribution in [3.05, 3.63) is 0 Å². The minimum absolute atomic E-state index is 0.00106. The Kier molecular flexibility index (Phi) is 13.3. The predicted octanol–water partition coefficient (Wildman–Crippen LogP) is 7.31. The van der Waals surface area contributed by atoms with Gasteiger partial charge < -0.3 is 4.90 Å². The molecule has 1 aliphatic carbocycles. The lowest BCUT2D eigenvalue weighted by Gasteiger charge is -2.39. The number of likely N-dealkylation sites (tertiary alicyclic amines) is 1. The van der Waals surface area contributed by atoms with E-state index in [9.17, 15) is 33.6 Å². The number of hydrogen-bond donors (Lipinski definition) is 0. The van der Waals surface area contributed by atoms with Crippen molar-refractivity contribution in [1.29, 1.82) is 0 Å². The highest BCUT2D eigenvalue weighted by atomic mass is 16.2. The third kappa shape index (κ3) is 10.0. The minimum Gasteiger partial charge on any atom is -0.332 e. The molecule has 3 heterocycles.